The fourth-order valence-corrected chi connectivity index (χ4v) is 3.44. The maximum Gasteiger partial charge on any atom is 0.0508 e. The topological polar surface area (TPSA) is 38.0 Å². The van der Waals surface area contributed by atoms with Gasteiger partial charge in [-0.05, 0) is 46.1 Å². The molecule has 1 aromatic carbocycles. The van der Waals surface area contributed by atoms with Gasteiger partial charge in [0.25, 0.3) is 0 Å². The third kappa shape index (κ3) is 3.33. The van der Waals surface area contributed by atoms with Gasteiger partial charge >= 0.3 is 0 Å². The maximum atomic E-state index is 6.04. The van der Waals surface area contributed by atoms with Crippen LogP contribution in [0.15, 0.2) is 34.1 Å². The molecule has 0 radical (unpaired) electrons. The number of hydrogen-bond donors (Lipinski definition) is 2. The number of hydrazine groups is 1. The van der Waals surface area contributed by atoms with Gasteiger partial charge in [-0.15, -0.1) is 11.3 Å². The number of thiophene rings is 1. The average Bonchev–Trinajstić information content (AvgIpc) is 2.75. The van der Waals surface area contributed by atoms with E-state index in [9.17, 15) is 0 Å². The van der Waals surface area contributed by atoms with E-state index in [1.165, 1.54) is 4.88 Å². The van der Waals surface area contributed by atoms with Gasteiger partial charge in [-0.1, -0.05) is 23.7 Å². The average molecular weight is 346 g/mol. The van der Waals surface area contributed by atoms with Gasteiger partial charge < -0.3 is 0 Å². The number of aryl methyl sites for hydroxylation is 1. The monoisotopic (exact) mass is 344 g/mol. The SMILES string of the molecule is Cc1cc(C(Cc2cc(Br)cs2)NN)ccc1Cl. The van der Waals surface area contributed by atoms with Crippen LogP contribution in [0.2, 0.25) is 5.02 Å². The standard InChI is InChI=1S/C13H14BrClN2S/c1-8-4-9(2-3-12(8)15)13(17-16)6-11-5-10(14)7-18-11/h2-5,7,13,17H,6,16H2,1H3. The molecule has 0 fully saturated rings. The van der Waals surface area contributed by atoms with Gasteiger partial charge in [0.1, 0.15) is 0 Å². The Morgan fingerprint density at radius 3 is 2.78 bits per heavy atom. The number of nitrogens with two attached hydrogens (primary N) is 1. The first-order valence-electron chi connectivity index (χ1n) is 5.55. The molecule has 0 bridgehead atoms. The van der Waals surface area contributed by atoms with E-state index in [2.05, 4.69) is 38.9 Å². The van der Waals surface area contributed by atoms with Crippen LogP contribution in [0, 0.1) is 6.92 Å². The van der Waals surface area contributed by atoms with E-state index in [0.717, 1.165) is 27.0 Å². The summed E-state index contributed by atoms with van der Waals surface area (Å²) >= 11 is 11.2. The van der Waals surface area contributed by atoms with Crippen molar-refractivity contribution in [1.82, 2.24) is 5.43 Å². The zero-order chi connectivity index (χ0) is 13.1. The Labute approximate surface area is 124 Å². The molecule has 0 aliphatic heterocycles. The molecule has 1 heterocycles. The Balaban J connectivity index is 2.19. The molecule has 0 aliphatic rings. The van der Waals surface area contributed by atoms with Crippen molar-refractivity contribution in [2.45, 2.75) is 19.4 Å². The minimum atomic E-state index is 0.103. The number of nitrogens with one attached hydrogen (secondary N) is 1. The summed E-state index contributed by atoms with van der Waals surface area (Å²) in [5, 5.41) is 2.86. The molecule has 5 heteroatoms. The molecule has 2 aromatic rings. The second-order valence-corrected chi connectivity index (χ2v) is 6.48. The number of hydrogen-bond acceptors (Lipinski definition) is 3. The lowest BCUT2D eigenvalue weighted by atomic mass is 10.0. The maximum absolute atomic E-state index is 6.04. The Morgan fingerprint density at radius 1 is 1.44 bits per heavy atom. The van der Waals surface area contributed by atoms with Crippen LogP contribution in [0.3, 0.4) is 0 Å². The Hall–Kier alpha value is -0.390. The van der Waals surface area contributed by atoms with Gasteiger partial charge in [0.2, 0.25) is 0 Å². The van der Waals surface area contributed by atoms with Crippen molar-refractivity contribution in [1.29, 1.82) is 0 Å². The highest BCUT2D eigenvalue weighted by Gasteiger charge is 2.12. The van der Waals surface area contributed by atoms with Crippen LogP contribution in [-0.2, 0) is 6.42 Å². The molecule has 0 saturated carbocycles. The van der Waals surface area contributed by atoms with E-state index >= 15 is 0 Å². The van der Waals surface area contributed by atoms with Crippen molar-refractivity contribution in [3.05, 3.63) is 55.1 Å². The summed E-state index contributed by atoms with van der Waals surface area (Å²) in [7, 11) is 0. The molecule has 1 unspecified atom stereocenters. The van der Waals surface area contributed by atoms with E-state index in [-0.39, 0.29) is 6.04 Å². The van der Waals surface area contributed by atoms with Crippen LogP contribution in [0.4, 0.5) is 0 Å². The zero-order valence-corrected chi connectivity index (χ0v) is 13.1. The van der Waals surface area contributed by atoms with Gasteiger partial charge in [0.05, 0.1) is 6.04 Å². The lowest BCUT2D eigenvalue weighted by Gasteiger charge is -2.16. The molecular formula is C13H14BrClN2S. The predicted octanol–water partition coefficient (Wildman–Crippen LogP) is 4.22. The van der Waals surface area contributed by atoms with Gasteiger partial charge in [-0.3, -0.25) is 11.3 Å². The minimum Gasteiger partial charge on any atom is -0.271 e. The minimum absolute atomic E-state index is 0.103. The summed E-state index contributed by atoms with van der Waals surface area (Å²) in [5.74, 6) is 5.66. The summed E-state index contributed by atoms with van der Waals surface area (Å²) in [6.07, 6.45) is 0.869. The molecule has 0 amide bonds. The first-order valence-corrected chi connectivity index (χ1v) is 7.60. The molecule has 96 valence electrons. The van der Waals surface area contributed by atoms with Crippen LogP contribution in [-0.4, -0.2) is 0 Å². The fraction of sp³-hybridized carbons (Fsp3) is 0.231. The highest BCUT2D eigenvalue weighted by Crippen LogP contribution is 2.27. The van der Waals surface area contributed by atoms with Crippen molar-refractivity contribution in [3.63, 3.8) is 0 Å². The van der Waals surface area contributed by atoms with E-state index in [1.807, 2.05) is 19.1 Å². The van der Waals surface area contributed by atoms with Crippen molar-refractivity contribution < 1.29 is 0 Å². The Bertz CT molecular complexity index is 542. The van der Waals surface area contributed by atoms with Crippen molar-refractivity contribution in [2.75, 3.05) is 0 Å². The first-order chi connectivity index (χ1) is 8.60. The largest absolute Gasteiger partial charge is 0.271 e. The van der Waals surface area contributed by atoms with Gasteiger partial charge in [-0.25, -0.2) is 0 Å². The summed E-state index contributed by atoms with van der Waals surface area (Å²) in [5.41, 5.74) is 5.10. The predicted molar refractivity (Wildman–Crippen MR) is 82.0 cm³/mol. The number of rotatable bonds is 4. The molecule has 0 aliphatic carbocycles. The molecule has 1 atom stereocenters. The van der Waals surface area contributed by atoms with Crippen LogP contribution in [0.1, 0.15) is 22.0 Å². The highest BCUT2D eigenvalue weighted by atomic mass is 79.9. The van der Waals surface area contributed by atoms with Crippen molar-refractivity contribution in [2.24, 2.45) is 5.84 Å². The highest BCUT2D eigenvalue weighted by molar-refractivity contribution is 9.10. The summed E-state index contributed by atoms with van der Waals surface area (Å²) in [6.45, 7) is 2.00. The van der Waals surface area contributed by atoms with Crippen LogP contribution in [0.25, 0.3) is 0 Å². The molecule has 0 saturated heterocycles. The molecule has 2 nitrogen and oxygen atoms in total. The third-order valence-electron chi connectivity index (χ3n) is 2.81. The normalized spacial score (nSPS) is 12.7. The third-order valence-corrected chi connectivity index (χ3v) is 4.96. The Kier molecular flexibility index (Phi) is 4.81. The molecule has 1 aromatic heterocycles. The summed E-state index contributed by atoms with van der Waals surface area (Å²) in [6, 6.07) is 8.24. The zero-order valence-electron chi connectivity index (χ0n) is 9.91. The van der Waals surface area contributed by atoms with Gasteiger partial charge in [-0.2, -0.15) is 0 Å². The van der Waals surface area contributed by atoms with E-state index in [1.54, 1.807) is 11.3 Å². The smallest absolute Gasteiger partial charge is 0.0508 e. The van der Waals surface area contributed by atoms with Crippen LogP contribution >= 0.6 is 38.9 Å². The molecule has 3 N–H and O–H groups in total. The molecular weight excluding hydrogens is 332 g/mol. The number of halogens is 2. The fourth-order valence-electron chi connectivity index (χ4n) is 1.82. The van der Waals surface area contributed by atoms with Crippen molar-refractivity contribution in [3.8, 4) is 0 Å². The van der Waals surface area contributed by atoms with Crippen LogP contribution < -0.4 is 11.3 Å². The van der Waals surface area contributed by atoms with Gasteiger partial charge in [0, 0.05) is 26.2 Å². The lowest BCUT2D eigenvalue weighted by molar-refractivity contribution is 0.555. The van der Waals surface area contributed by atoms with E-state index < -0.39 is 0 Å². The van der Waals surface area contributed by atoms with Gasteiger partial charge in [0.15, 0.2) is 0 Å². The first kappa shape index (κ1) is 14.0. The van der Waals surface area contributed by atoms with E-state index in [4.69, 9.17) is 17.4 Å². The summed E-state index contributed by atoms with van der Waals surface area (Å²) < 4.78 is 1.12. The van der Waals surface area contributed by atoms with Crippen LogP contribution in [0.5, 0.6) is 0 Å². The second-order valence-electron chi connectivity index (χ2n) is 4.16. The Morgan fingerprint density at radius 2 is 2.22 bits per heavy atom. The second kappa shape index (κ2) is 6.17. The van der Waals surface area contributed by atoms with E-state index in [0.29, 0.717) is 0 Å². The lowest BCUT2D eigenvalue weighted by Crippen LogP contribution is -2.29. The molecule has 0 spiro atoms. The number of benzene rings is 1. The molecule has 2 rings (SSSR count). The summed E-state index contributed by atoms with van der Waals surface area (Å²) in [4.78, 5) is 1.29. The van der Waals surface area contributed by atoms with Crippen molar-refractivity contribution >= 4 is 38.9 Å². The molecule has 18 heavy (non-hydrogen) atoms. The quantitative estimate of drug-likeness (QED) is 0.643.